The minimum Gasteiger partial charge on any atom is -0.346 e. The predicted octanol–water partition coefficient (Wildman–Crippen LogP) is 3.49. The molecule has 1 aliphatic carbocycles. The van der Waals surface area contributed by atoms with Crippen molar-refractivity contribution < 1.29 is 0 Å². The topological polar surface area (TPSA) is 41.9 Å². The van der Waals surface area contributed by atoms with Crippen molar-refractivity contribution in [1.29, 1.82) is 0 Å². The highest BCUT2D eigenvalue weighted by molar-refractivity contribution is 7.19. The van der Waals surface area contributed by atoms with Gasteiger partial charge in [0.1, 0.15) is 17.0 Å². The van der Waals surface area contributed by atoms with Crippen LogP contribution in [-0.4, -0.2) is 15.0 Å². The molecule has 0 aromatic carbocycles. The molecule has 22 heavy (non-hydrogen) atoms. The molecule has 4 heterocycles. The molecule has 4 nitrogen and oxygen atoms in total. The van der Waals surface area contributed by atoms with Crippen LogP contribution in [0.5, 0.6) is 0 Å². The maximum Gasteiger partial charge on any atom is 0.141 e. The summed E-state index contributed by atoms with van der Waals surface area (Å²) in [5, 5.41) is 1.30. The number of pyridine rings is 1. The average molecular weight is 308 g/mol. The molecule has 110 valence electrons. The Bertz CT molecular complexity index is 845. The molecule has 2 aliphatic rings. The highest BCUT2D eigenvalue weighted by atomic mass is 32.1. The highest BCUT2D eigenvalue weighted by Crippen LogP contribution is 2.40. The molecule has 0 fully saturated rings. The lowest BCUT2D eigenvalue weighted by molar-refractivity contribution is 0.700. The molecule has 0 unspecified atom stereocenters. The second-order valence-electron chi connectivity index (χ2n) is 6.05. The Morgan fingerprint density at radius 1 is 1.05 bits per heavy atom. The molecule has 0 spiro atoms. The fraction of sp³-hybridized carbons (Fsp3) is 0.353. The van der Waals surface area contributed by atoms with Gasteiger partial charge >= 0.3 is 0 Å². The van der Waals surface area contributed by atoms with E-state index in [0.29, 0.717) is 0 Å². The number of fused-ring (bicyclic) bond motifs is 4. The molecule has 0 saturated carbocycles. The number of aromatic nitrogens is 3. The SMILES string of the molecule is c1cnc2c(c1)CN(c1ncnc3sc4c(c13)CCCC4)C2. The predicted molar refractivity (Wildman–Crippen MR) is 88.2 cm³/mol. The lowest BCUT2D eigenvalue weighted by Gasteiger charge is -2.18. The third-order valence-corrected chi connectivity index (χ3v) is 5.92. The van der Waals surface area contributed by atoms with Crippen molar-refractivity contribution in [2.75, 3.05) is 4.90 Å². The molecular weight excluding hydrogens is 292 g/mol. The van der Waals surface area contributed by atoms with Crippen LogP contribution in [0.15, 0.2) is 24.7 Å². The van der Waals surface area contributed by atoms with Gasteiger partial charge in [0.25, 0.3) is 0 Å². The van der Waals surface area contributed by atoms with Gasteiger partial charge in [-0.05, 0) is 42.9 Å². The fourth-order valence-corrected chi connectivity index (χ4v) is 4.89. The number of thiophene rings is 1. The number of nitrogens with zero attached hydrogens (tertiary/aromatic N) is 4. The highest BCUT2D eigenvalue weighted by Gasteiger charge is 2.26. The number of rotatable bonds is 1. The number of hydrogen-bond acceptors (Lipinski definition) is 5. The summed E-state index contributed by atoms with van der Waals surface area (Å²) < 4.78 is 0. The molecule has 0 radical (unpaired) electrons. The minimum atomic E-state index is 0.854. The second-order valence-corrected chi connectivity index (χ2v) is 7.14. The molecule has 0 amide bonds. The van der Waals surface area contributed by atoms with Crippen LogP contribution in [0.25, 0.3) is 10.2 Å². The van der Waals surface area contributed by atoms with Gasteiger partial charge in [-0.2, -0.15) is 0 Å². The Balaban J connectivity index is 1.65. The van der Waals surface area contributed by atoms with Gasteiger partial charge in [0.15, 0.2) is 0 Å². The van der Waals surface area contributed by atoms with E-state index in [9.17, 15) is 0 Å². The van der Waals surface area contributed by atoms with E-state index in [1.807, 2.05) is 23.6 Å². The Labute approximate surface area is 132 Å². The first kappa shape index (κ1) is 12.5. The van der Waals surface area contributed by atoms with Crippen molar-refractivity contribution in [3.05, 3.63) is 46.4 Å². The van der Waals surface area contributed by atoms with E-state index in [2.05, 4.69) is 25.9 Å². The number of aryl methyl sites for hydroxylation is 2. The van der Waals surface area contributed by atoms with Gasteiger partial charge < -0.3 is 4.90 Å². The molecule has 0 saturated heterocycles. The molecule has 1 aliphatic heterocycles. The summed E-state index contributed by atoms with van der Waals surface area (Å²) in [6.07, 6.45) is 8.57. The molecule has 5 heteroatoms. The van der Waals surface area contributed by atoms with E-state index < -0.39 is 0 Å². The lowest BCUT2D eigenvalue weighted by Crippen LogP contribution is -2.17. The van der Waals surface area contributed by atoms with Crippen molar-refractivity contribution in [2.24, 2.45) is 0 Å². The first-order valence-electron chi connectivity index (χ1n) is 7.83. The third kappa shape index (κ3) is 1.78. The minimum absolute atomic E-state index is 0.854. The summed E-state index contributed by atoms with van der Waals surface area (Å²) in [4.78, 5) is 18.7. The van der Waals surface area contributed by atoms with Crippen LogP contribution < -0.4 is 4.90 Å². The summed E-state index contributed by atoms with van der Waals surface area (Å²) in [5.74, 6) is 1.10. The zero-order valence-corrected chi connectivity index (χ0v) is 13.1. The van der Waals surface area contributed by atoms with Gasteiger partial charge in [-0.25, -0.2) is 9.97 Å². The maximum atomic E-state index is 4.65. The van der Waals surface area contributed by atoms with Crippen molar-refractivity contribution in [3.63, 3.8) is 0 Å². The summed E-state index contributed by atoms with van der Waals surface area (Å²) in [6.45, 7) is 1.76. The summed E-state index contributed by atoms with van der Waals surface area (Å²) in [6, 6.07) is 4.19. The van der Waals surface area contributed by atoms with Crippen LogP contribution in [0.1, 0.15) is 34.5 Å². The van der Waals surface area contributed by atoms with Crippen molar-refractivity contribution in [2.45, 2.75) is 38.8 Å². The third-order valence-electron chi connectivity index (χ3n) is 4.72. The second kappa shape index (κ2) is 4.74. The number of hydrogen-bond donors (Lipinski definition) is 0. The first-order valence-corrected chi connectivity index (χ1v) is 8.65. The largest absolute Gasteiger partial charge is 0.346 e. The van der Waals surface area contributed by atoms with E-state index in [-0.39, 0.29) is 0 Å². The van der Waals surface area contributed by atoms with Crippen LogP contribution in [0.4, 0.5) is 5.82 Å². The van der Waals surface area contributed by atoms with Gasteiger partial charge in [0.2, 0.25) is 0 Å². The van der Waals surface area contributed by atoms with Crippen LogP contribution >= 0.6 is 11.3 Å². The van der Waals surface area contributed by atoms with Crippen molar-refractivity contribution in [1.82, 2.24) is 15.0 Å². The van der Waals surface area contributed by atoms with Crippen LogP contribution in [-0.2, 0) is 25.9 Å². The van der Waals surface area contributed by atoms with Gasteiger partial charge in [-0.3, -0.25) is 4.98 Å². The monoisotopic (exact) mass is 308 g/mol. The molecule has 0 bridgehead atoms. The molecule has 0 atom stereocenters. The van der Waals surface area contributed by atoms with Crippen LogP contribution in [0, 0.1) is 0 Å². The van der Waals surface area contributed by atoms with E-state index in [1.54, 1.807) is 6.33 Å². The average Bonchev–Trinajstić information content (AvgIpc) is 3.15. The van der Waals surface area contributed by atoms with E-state index in [1.165, 1.54) is 52.8 Å². The Morgan fingerprint density at radius 2 is 2.00 bits per heavy atom. The Kier molecular flexibility index (Phi) is 2.70. The molecule has 0 N–H and O–H groups in total. The fourth-order valence-electron chi connectivity index (χ4n) is 3.66. The molecule has 3 aromatic heterocycles. The quantitative estimate of drug-likeness (QED) is 0.690. The summed E-state index contributed by atoms with van der Waals surface area (Å²) >= 11 is 1.86. The zero-order valence-electron chi connectivity index (χ0n) is 12.2. The van der Waals surface area contributed by atoms with E-state index >= 15 is 0 Å². The zero-order chi connectivity index (χ0) is 14.5. The van der Waals surface area contributed by atoms with E-state index in [0.717, 1.165) is 23.7 Å². The molecule has 3 aromatic rings. The molecule has 5 rings (SSSR count). The van der Waals surface area contributed by atoms with Gasteiger partial charge in [0.05, 0.1) is 17.6 Å². The Hall–Kier alpha value is -2.01. The standard InChI is InChI=1S/C17H16N4S/c1-2-6-14-12(5-1)15-16(19-10-20-17(15)22-14)21-8-11-4-3-7-18-13(11)9-21/h3-4,7,10H,1-2,5-6,8-9H2. The van der Waals surface area contributed by atoms with Crippen molar-refractivity contribution in [3.8, 4) is 0 Å². The normalized spacial score (nSPS) is 16.8. The van der Waals surface area contributed by atoms with Crippen LogP contribution in [0.3, 0.4) is 0 Å². The van der Waals surface area contributed by atoms with Crippen LogP contribution in [0.2, 0.25) is 0 Å². The van der Waals surface area contributed by atoms with Gasteiger partial charge in [-0.15, -0.1) is 11.3 Å². The molecular formula is C17H16N4S. The summed E-state index contributed by atoms with van der Waals surface area (Å²) in [7, 11) is 0. The van der Waals surface area contributed by atoms with E-state index in [4.69, 9.17) is 0 Å². The van der Waals surface area contributed by atoms with Gasteiger partial charge in [-0.1, -0.05) is 6.07 Å². The smallest absolute Gasteiger partial charge is 0.141 e. The number of anilines is 1. The summed E-state index contributed by atoms with van der Waals surface area (Å²) in [5.41, 5.74) is 4.00. The maximum absolute atomic E-state index is 4.65. The Morgan fingerprint density at radius 3 is 2.95 bits per heavy atom. The lowest BCUT2D eigenvalue weighted by atomic mass is 9.97. The van der Waals surface area contributed by atoms with Crippen molar-refractivity contribution >= 4 is 27.4 Å². The first-order chi connectivity index (χ1) is 10.9. The van der Waals surface area contributed by atoms with Gasteiger partial charge in [0, 0.05) is 17.6 Å².